The zero-order valence-corrected chi connectivity index (χ0v) is 20.0. The first-order chi connectivity index (χ1) is 16.2. The van der Waals surface area contributed by atoms with E-state index in [1.807, 2.05) is 13.8 Å². The number of imidazole rings is 1. The third-order valence-electron chi connectivity index (χ3n) is 6.31. The summed E-state index contributed by atoms with van der Waals surface area (Å²) in [6, 6.07) is 12.3. The molecule has 3 N–H and O–H groups in total. The smallest absolute Gasteiger partial charge is 0.240 e. The molecule has 9 heteroatoms. The van der Waals surface area contributed by atoms with Gasteiger partial charge in [-0.3, -0.25) is 4.79 Å². The van der Waals surface area contributed by atoms with Crippen LogP contribution in [0.4, 0.5) is 4.39 Å². The number of amides is 1. The highest BCUT2D eigenvalue weighted by molar-refractivity contribution is 7.89. The van der Waals surface area contributed by atoms with Gasteiger partial charge in [0.05, 0.1) is 16.6 Å². The second kappa shape index (κ2) is 10.1. The van der Waals surface area contributed by atoms with E-state index in [9.17, 15) is 17.6 Å². The maximum atomic E-state index is 13.1. The Kier molecular flexibility index (Phi) is 7.13. The van der Waals surface area contributed by atoms with Crippen LogP contribution in [0.25, 0.3) is 11.3 Å². The standard InChI is InChI=1S/C25H29FN4O3S/c1-16(18-3-9-21(26)10-4-18)28-25(31)20-5-11-22(12-6-20)30-34(32,33)23-13-7-19(8-14-23)24-15-27-17(2)29-24/h3-4,7-10,13-16,20,22,30H,5-6,11-12H2,1-2H3,(H,27,29)(H,28,31)/t16-,20-,22-/m1/s1. The fraction of sp³-hybridized carbons (Fsp3) is 0.360. The summed E-state index contributed by atoms with van der Waals surface area (Å²) in [5, 5.41) is 2.99. The van der Waals surface area contributed by atoms with Crippen molar-refractivity contribution in [2.24, 2.45) is 5.92 Å². The number of H-pyrrole nitrogens is 1. The lowest BCUT2D eigenvalue weighted by molar-refractivity contribution is -0.126. The summed E-state index contributed by atoms with van der Waals surface area (Å²) < 4.78 is 41.6. The number of benzene rings is 2. The second-order valence-electron chi connectivity index (χ2n) is 8.85. The molecule has 2 aromatic carbocycles. The van der Waals surface area contributed by atoms with Crippen molar-refractivity contribution in [3.63, 3.8) is 0 Å². The highest BCUT2D eigenvalue weighted by atomic mass is 32.2. The van der Waals surface area contributed by atoms with Gasteiger partial charge in [-0.15, -0.1) is 0 Å². The molecule has 0 radical (unpaired) electrons. The van der Waals surface area contributed by atoms with Crippen molar-refractivity contribution >= 4 is 15.9 Å². The molecule has 1 atom stereocenters. The summed E-state index contributed by atoms with van der Waals surface area (Å²) >= 11 is 0. The monoisotopic (exact) mass is 484 g/mol. The molecular formula is C25H29FN4O3S. The molecule has 180 valence electrons. The van der Waals surface area contributed by atoms with Crippen molar-refractivity contribution in [2.75, 3.05) is 0 Å². The Hall–Kier alpha value is -3.04. The molecule has 1 saturated carbocycles. The molecule has 1 amide bonds. The van der Waals surface area contributed by atoms with Crippen molar-refractivity contribution < 1.29 is 17.6 Å². The van der Waals surface area contributed by atoms with E-state index in [-0.39, 0.29) is 34.6 Å². The predicted octanol–water partition coefficient (Wildman–Crippen LogP) is 4.24. The Morgan fingerprint density at radius 3 is 2.29 bits per heavy atom. The zero-order chi connectivity index (χ0) is 24.3. The topological polar surface area (TPSA) is 104 Å². The highest BCUT2D eigenvalue weighted by Gasteiger charge is 2.29. The van der Waals surface area contributed by atoms with E-state index in [4.69, 9.17) is 0 Å². The molecule has 0 unspecified atom stereocenters. The fourth-order valence-corrected chi connectivity index (χ4v) is 5.60. The average molecular weight is 485 g/mol. The summed E-state index contributed by atoms with van der Waals surface area (Å²) in [6.07, 6.45) is 4.17. The van der Waals surface area contributed by atoms with Crippen LogP contribution in [0.3, 0.4) is 0 Å². The molecule has 1 heterocycles. The van der Waals surface area contributed by atoms with Gasteiger partial charge in [0.15, 0.2) is 0 Å². The molecule has 0 spiro atoms. The van der Waals surface area contributed by atoms with Gasteiger partial charge >= 0.3 is 0 Å². The third-order valence-corrected chi connectivity index (χ3v) is 7.85. The lowest BCUT2D eigenvalue weighted by Crippen LogP contribution is -2.41. The minimum atomic E-state index is -3.66. The molecule has 3 aromatic rings. The van der Waals surface area contributed by atoms with Gasteiger partial charge < -0.3 is 10.3 Å². The average Bonchev–Trinajstić information content (AvgIpc) is 3.26. The Bertz CT molecular complexity index is 1230. The summed E-state index contributed by atoms with van der Waals surface area (Å²) in [7, 11) is -3.66. The van der Waals surface area contributed by atoms with Crippen molar-refractivity contribution in [1.29, 1.82) is 0 Å². The molecular weight excluding hydrogens is 455 g/mol. The van der Waals surface area contributed by atoms with E-state index in [0.29, 0.717) is 25.7 Å². The van der Waals surface area contributed by atoms with Crippen LogP contribution < -0.4 is 10.0 Å². The minimum absolute atomic E-state index is 0.0534. The lowest BCUT2D eigenvalue weighted by Gasteiger charge is -2.29. The predicted molar refractivity (Wildman–Crippen MR) is 128 cm³/mol. The van der Waals surface area contributed by atoms with Crippen LogP contribution in [0.5, 0.6) is 0 Å². The Morgan fingerprint density at radius 1 is 1.06 bits per heavy atom. The molecule has 34 heavy (non-hydrogen) atoms. The van der Waals surface area contributed by atoms with Gasteiger partial charge in [0.25, 0.3) is 0 Å². The molecule has 1 aliphatic carbocycles. The maximum Gasteiger partial charge on any atom is 0.240 e. The first-order valence-electron chi connectivity index (χ1n) is 11.4. The number of halogens is 1. The molecule has 0 saturated heterocycles. The number of nitrogens with zero attached hydrogens (tertiary/aromatic N) is 1. The number of sulfonamides is 1. The van der Waals surface area contributed by atoms with Gasteiger partial charge in [0.2, 0.25) is 15.9 Å². The van der Waals surface area contributed by atoms with Crippen LogP contribution in [-0.4, -0.2) is 30.3 Å². The summed E-state index contributed by atoms with van der Waals surface area (Å²) in [5.41, 5.74) is 2.44. The van der Waals surface area contributed by atoms with Crippen LogP contribution in [0.2, 0.25) is 0 Å². The maximum absolute atomic E-state index is 13.1. The van der Waals surface area contributed by atoms with Crippen LogP contribution in [0.15, 0.2) is 59.6 Å². The second-order valence-corrected chi connectivity index (χ2v) is 10.6. The van der Waals surface area contributed by atoms with Gasteiger partial charge in [-0.1, -0.05) is 24.3 Å². The van der Waals surface area contributed by atoms with Gasteiger partial charge in [-0.05, 0) is 69.4 Å². The minimum Gasteiger partial charge on any atom is -0.349 e. The van der Waals surface area contributed by atoms with Crippen LogP contribution >= 0.6 is 0 Å². The van der Waals surface area contributed by atoms with E-state index in [1.54, 1.807) is 42.6 Å². The Labute approximate surface area is 199 Å². The first-order valence-corrected chi connectivity index (χ1v) is 12.9. The largest absolute Gasteiger partial charge is 0.349 e. The van der Waals surface area contributed by atoms with Crippen molar-refractivity contribution in [3.8, 4) is 11.3 Å². The molecule has 1 aliphatic rings. The lowest BCUT2D eigenvalue weighted by atomic mass is 9.85. The number of aryl methyl sites for hydroxylation is 1. The molecule has 0 aliphatic heterocycles. The van der Waals surface area contributed by atoms with E-state index >= 15 is 0 Å². The number of aromatic amines is 1. The fourth-order valence-electron chi connectivity index (χ4n) is 4.30. The van der Waals surface area contributed by atoms with Crippen molar-refractivity contribution in [3.05, 3.63) is 71.9 Å². The normalized spacial score (nSPS) is 19.5. The SMILES string of the molecule is Cc1nc(-c2ccc(S(=O)(=O)N[C@H]3CC[C@H](C(=O)N[C@H](C)c4ccc(F)cc4)CC3)cc2)c[nH]1. The molecule has 1 fully saturated rings. The first kappa shape index (κ1) is 24.1. The number of carbonyl (C=O) groups is 1. The van der Waals surface area contributed by atoms with Gasteiger partial charge in [0, 0.05) is 23.7 Å². The van der Waals surface area contributed by atoms with Gasteiger partial charge in [0.1, 0.15) is 11.6 Å². The Morgan fingerprint density at radius 2 is 1.71 bits per heavy atom. The van der Waals surface area contributed by atoms with Crippen LogP contribution in [-0.2, 0) is 14.8 Å². The number of nitrogens with one attached hydrogen (secondary N) is 3. The number of aromatic nitrogens is 2. The van der Waals surface area contributed by atoms with E-state index in [0.717, 1.165) is 22.6 Å². The quantitative estimate of drug-likeness (QED) is 0.467. The zero-order valence-electron chi connectivity index (χ0n) is 19.2. The van der Waals surface area contributed by atoms with Gasteiger partial charge in [-0.2, -0.15) is 0 Å². The summed E-state index contributed by atoms with van der Waals surface area (Å²) in [4.78, 5) is 20.3. The van der Waals surface area contributed by atoms with Crippen molar-refractivity contribution in [2.45, 2.75) is 56.5 Å². The van der Waals surface area contributed by atoms with E-state index in [2.05, 4.69) is 20.0 Å². The molecule has 4 rings (SSSR count). The molecule has 1 aromatic heterocycles. The van der Waals surface area contributed by atoms with Crippen LogP contribution in [0, 0.1) is 18.7 Å². The number of carbonyl (C=O) groups excluding carboxylic acids is 1. The van der Waals surface area contributed by atoms with Crippen LogP contribution in [0.1, 0.15) is 50.0 Å². The molecule has 7 nitrogen and oxygen atoms in total. The highest BCUT2D eigenvalue weighted by Crippen LogP contribution is 2.27. The number of rotatable bonds is 7. The number of hydrogen-bond acceptors (Lipinski definition) is 4. The summed E-state index contributed by atoms with van der Waals surface area (Å²) in [5.74, 6) is 0.261. The molecule has 0 bridgehead atoms. The Balaban J connectivity index is 1.29. The van der Waals surface area contributed by atoms with E-state index in [1.165, 1.54) is 12.1 Å². The van der Waals surface area contributed by atoms with E-state index < -0.39 is 10.0 Å². The van der Waals surface area contributed by atoms with Gasteiger partial charge in [-0.25, -0.2) is 22.5 Å². The van der Waals surface area contributed by atoms with Crippen molar-refractivity contribution in [1.82, 2.24) is 20.0 Å². The third kappa shape index (κ3) is 5.71. The summed E-state index contributed by atoms with van der Waals surface area (Å²) in [6.45, 7) is 3.72. The number of hydrogen-bond donors (Lipinski definition) is 3.